The summed E-state index contributed by atoms with van der Waals surface area (Å²) in [7, 11) is -3.37. The minimum absolute atomic E-state index is 0. The summed E-state index contributed by atoms with van der Waals surface area (Å²) in [6, 6.07) is 16.5. The van der Waals surface area contributed by atoms with Crippen LogP contribution in [0.5, 0.6) is 5.75 Å². The Bertz CT molecular complexity index is 1270. The fraction of sp³-hybridized carbons (Fsp3) is 0.370. The summed E-state index contributed by atoms with van der Waals surface area (Å²) in [6.45, 7) is 1.20. The lowest BCUT2D eigenvalue weighted by molar-refractivity contribution is 0.164. The predicted molar refractivity (Wildman–Crippen MR) is 144 cm³/mol. The summed E-state index contributed by atoms with van der Waals surface area (Å²) in [5.41, 5.74) is 3.43. The topological polar surface area (TPSA) is 68.3 Å². The lowest BCUT2D eigenvalue weighted by Crippen LogP contribution is -2.49. The highest BCUT2D eigenvalue weighted by Gasteiger charge is 2.47. The van der Waals surface area contributed by atoms with Gasteiger partial charge in [-0.1, -0.05) is 24.6 Å². The first-order valence-electron chi connectivity index (χ1n) is 11.9. The summed E-state index contributed by atoms with van der Waals surface area (Å²) in [4.78, 5) is 4.13. The fourth-order valence-electron chi connectivity index (χ4n) is 5.30. The normalized spacial score (nSPS) is 18.1. The molecule has 1 aliphatic carbocycles. The third-order valence-corrected chi connectivity index (χ3v) is 8.97. The summed E-state index contributed by atoms with van der Waals surface area (Å²) < 4.78 is 44.9. The first-order chi connectivity index (χ1) is 16.5. The molecule has 9 heteroatoms. The molecule has 0 saturated heterocycles. The molecule has 0 spiro atoms. The monoisotopic (exact) mass is 552 g/mol. The molecule has 2 heterocycles. The van der Waals surface area contributed by atoms with E-state index in [1.807, 2.05) is 12.1 Å². The number of pyridine rings is 1. The first-order valence-corrected chi connectivity index (χ1v) is 13.5. The lowest BCUT2D eigenvalue weighted by atomic mass is 9.58. The van der Waals surface area contributed by atoms with E-state index in [1.54, 1.807) is 30.5 Å². The maximum Gasteiger partial charge on any atom is 0.180 e. The second kappa shape index (κ2) is 11.9. The van der Waals surface area contributed by atoms with Gasteiger partial charge in [-0.3, -0.25) is 4.98 Å². The quantitative estimate of drug-likeness (QED) is 0.367. The van der Waals surface area contributed by atoms with E-state index in [-0.39, 0.29) is 52.7 Å². The van der Waals surface area contributed by atoms with E-state index >= 15 is 0 Å². The smallest absolute Gasteiger partial charge is 0.180 e. The molecular formula is C27H31Cl2FN2O3S. The van der Waals surface area contributed by atoms with Crippen molar-refractivity contribution in [2.45, 2.75) is 48.5 Å². The van der Waals surface area contributed by atoms with Gasteiger partial charge in [-0.15, -0.1) is 24.8 Å². The van der Waals surface area contributed by atoms with Crippen LogP contribution in [0.25, 0.3) is 0 Å². The maximum absolute atomic E-state index is 14.1. The van der Waals surface area contributed by atoms with E-state index in [1.165, 1.54) is 23.4 Å². The fourth-order valence-corrected chi connectivity index (χ4v) is 6.54. The minimum Gasteiger partial charge on any atom is -0.494 e. The van der Waals surface area contributed by atoms with Crippen LogP contribution < -0.4 is 10.1 Å². The van der Waals surface area contributed by atoms with E-state index in [4.69, 9.17) is 4.74 Å². The van der Waals surface area contributed by atoms with Crippen molar-refractivity contribution >= 4 is 34.7 Å². The zero-order valence-corrected chi connectivity index (χ0v) is 22.3. The maximum atomic E-state index is 14.1. The largest absolute Gasteiger partial charge is 0.494 e. The number of halogens is 3. The Labute approximate surface area is 224 Å². The molecule has 1 saturated carbocycles. The highest BCUT2D eigenvalue weighted by molar-refractivity contribution is 7.91. The van der Waals surface area contributed by atoms with Crippen LogP contribution in [0.15, 0.2) is 71.9 Å². The molecule has 1 fully saturated rings. The Morgan fingerprint density at radius 2 is 1.92 bits per heavy atom. The van der Waals surface area contributed by atoms with Gasteiger partial charge in [0.2, 0.25) is 0 Å². The third kappa shape index (κ3) is 5.70. The van der Waals surface area contributed by atoms with Crippen LogP contribution in [0.4, 0.5) is 4.39 Å². The number of aromatic nitrogens is 1. The Hall–Kier alpha value is -2.19. The summed E-state index contributed by atoms with van der Waals surface area (Å²) in [5, 5.41) is 3.71. The molecule has 3 aromatic rings. The van der Waals surface area contributed by atoms with Crippen molar-refractivity contribution in [3.63, 3.8) is 0 Å². The molecule has 1 aromatic heterocycles. The second-order valence-corrected chi connectivity index (χ2v) is 11.3. The highest BCUT2D eigenvalue weighted by atomic mass is 35.5. The number of rotatable bonds is 8. The summed E-state index contributed by atoms with van der Waals surface area (Å²) >= 11 is 0. The molecule has 0 radical (unpaired) electrons. The molecule has 2 aromatic carbocycles. The van der Waals surface area contributed by atoms with Gasteiger partial charge in [-0.2, -0.15) is 0 Å². The molecule has 1 unspecified atom stereocenters. The molecule has 5 nitrogen and oxygen atoms in total. The first kappa shape index (κ1) is 28.4. The van der Waals surface area contributed by atoms with Crippen LogP contribution in [0.2, 0.25) is 0 Å². The van der Waals surface area contributed by atoms with Crippen LogP contribution >= 0.6 is 24.8 Å². The molecule has 0 bridgehead atoms. The third-order valence-electron chi connectivity index (χ3n) is 7.19. The van der Waals surface area contributed by atoms with Crippen LogP contribution in [0.1, 0.15) is 48.4 Å². The molecule has 0 amide bonds. The van der Waals surface area contributed by atoms with Crippen molar-refractivity contribution in [1.29, 1.82) is 0 Å². The predicted octanol–water partition coefficient (Wildman–Crippen LogP) is 5.62. The standard InChI is InChI=1S/C27H29FN2O3S.2ClH/c28-22-6-1-5-21(17-22)27(11-3-12-27)26-25-18-23(9-8-20(25)10-14-30-26)33-15-4-16-34(31,32)24-7-2-13-29-19-24;;/h1-2,5-9,13,17-19,26,30H,3-4,10-12,14-16H2;2*1H. The van der Waals surface area contributed by atoms with E-state index in [9.17, 15) is 12.8 Å². The Kier molecular flexibility index (Phi) is 9.39. The van der Waals surface area contributed by atoms with Crippen molar-refractivity contribution in [3.8, 4) is 5.75 Å². The summed E-state index contributed by atoms with van der Waals surface area (Å²) in [5.74, 6) is 0.550. The van der Waals surface area contributed by atoms with Crippen LogP contribution in [-0.4, -0.2) is 32.3 Å². The molecule has 2 aliphatic rings. The number of hydrogen-bond acceptors (Lipinski definition) is 5. The number of sulfone groups is 1. The zero-order chi connectivity index (χ0) is 23.6. The molecule has 1 N–H and O–H groups in total. The molecule has 1 aliphatic heterocycles. The number of benzene rings is 2. The van der Waals surface area contributed by atoms with Gasteiger partial charge in [0.25, 0.3) is 0 Å². The number of ether oxygens (including phenoxy) is 1. The van der Waals surface area contributed by atoms with Crippen molar-refractivity contribution in [3.05, 3.63) is 89.5 Å². The SMILES string of the molecule is Cl.Cl.O=S(=O)(CCCOc1ccc2c(c1)C(C1(c3cccc(F)c3)CCC1)NCC2)c1cccnc1. The van der Waals surface area contributed by atoms with Gasteiger partial charge < -0.3 is 10.1 Å². The van der Waals surface area contributed by atoms with Gasteiger partial charge in [-0.05, 0) is 85.3 Å². The van der Waals surface area contributed by atoms with Crippen molar-refractivity contribution in [2.75, 3.05) is 18.9 Å². The second-order valence-electron chi connectivity index (χ2n) is 9.23. The van der Waals surface area contributed by atoms with Gasteiger partial charge in [0.15, 0.2) is 9.84 Å². The van der Waals surface area contributed by atoms with Gasteiger partial charge in [0.1, 0.15) is 11.6 Å². The van der Waals surface area contributed by atoms with Crippen molar-refractivity contribution in [2.24, 2.45) is 0 Å². The molecule has 194 valence electrons. The van der Waals surface area contributed by atoms with E-state index < -0.39 is 9.84 Å². The average molecular weight is 554 g/mol. The molecule has 5 rings (SSSR count). The van der Waals surface area contributed by atoms with Crippen LogP contribution in [-0.2, 0) is 21.7 Å². The van der Waals surface area contributed by atoms with Gasteiger partial charge in [-0.25, -0.2) is 12.8 Å². The molecular weight excluding hydrogens is 522 g/mol. The zero-order valence-electron chi connectivity index (χ0n) is 19.9. The van der Waals surface area contributed by atoms with Gasteiger partial charge >= 0.3 is 0 Å². The summed E-state index contributed by atoms with van der Waals surface area (Å²) in [6.07, 6.45) is 7.43. The number of nitrogens with zero attached hydrogens (tertiary/aromatic N) is 1. The van der Waals surface area contributed by atoms with E-state index in [0.717, 1.165) is 43.5 Å². The van der Waals surface area contributed by atoms with E-state index in [2.05, 4.69) is 22.4 Å². The number of nitrogens with one attached hydrogen (secondary N) is 1. The Morgan fingerprint density at radius 1 is 1.08 bits per heavy atom. The van der Waals surface area contributed by atoms with Crippen LogP contribution in [0.3, 0.4) is 0 Å². The number of hydrogen-bond donors (Lipinski definition) is 1. The van der Waals surface area contributed by atoms with Crippen LogP contribution in [0, 0.1) is 5.82 Å². The highest BCUT2D eigenvalue weighted by Crippen LogP contribution is 2.53. The Morgan fingerprint density at radius 3 is 2.61 bits per heavy atom. The lowest BCUT2D eigenvalue weighted by Gasteiger charge is -2.50. The molecule has 1 atom stereocenters. The molecule has 36 heavy (non-hydrogen) atoms. The van der Waals surface area contributed by atoms with Gasteiger partial charge in [0.05, 0.1) is 17.3 Å². The Balaban J connectivity index is 0.00000180. The minimum atomic E-state index is -3.37. The van der Waals surface area contributed by atoms with Crippen molar-refractivity contribution in [1.82, 2.24) is 10.3 Å². The van der Waals surface area contributed by atoms with Crippen molar-refractivity contribution < 1.29 is 17.5 Å². The van der Waals surface area contributed by atoms with Gasteiger partial charge in [0, 0.05) is 23.9 Å². The average Bonchev–Trinajstić information content (AvgIpc) is 2.82. The van der Waals surface area contributed by atoms with E-state index in [0.29, 0.717) is 13.0 Å². The number of fused-ring (bicyclic) bond motifs is 1.